The lowest BCUT2D eigenvalue weighted by Crippen LogP contribution is -2.46. The van der Waals surface area contributed by atoms with Crippen LogP contribution in [0.4, 0.5) is 0 Å². The molecular weight excluding hydrogens is 322 g/mol. The Morgan fingerprint density at radius 3 is 2.44 bits per heavy atom. The van der Waals surface area contributed by atoms with E-state index in [1.54, 1.807) is 21.1 Å². The predicted octanol–water partition coefficient (Wildman–Crippen LogP) is 1.18. The molecule has 25 heavy (non-hydrogen) atoms. The number of nitrogens with zero attached hydrogens (tertiary/aromatic N) is 3. The molecule has 1 aromatic rings. The highest BCUT2D eigenvalue weighted by Crippen LogP contribution is 2.28. The highest BCUT2D eigenvalue weighted by atomic mass is 16.5. The fourth-order valence-corrected chi connectivity index (χ4v) is 3.45. The number of ether oxygens (including phenoxy) is 2. The summed E-state index contributed by atoms with van der Waals surface area (Å²) in [6.07, 6.45) is 4.64. The van der Waals surface area contributed by atoms with Crippen LogP contribution in [0.15, 0.2) is 0 Å². The zero-order valence-corrected chi connectivity index (χ0v) is 15.6. The van der Waals surface area contributed by atoms with Gasteiger partial charge in [0.05, 0.1) is 6.61 Å². The Bertz CT molecular complexity index is 508. The summed E-state index contributed by atoms with van der Waals surface area (Å²) in [7, 11) is 3.25. The summed E-state index contributed by atoms with van der Waals surface area (Å²) >= 11 is 0. The summed E-state index contributed by atoms with van der Waals surface area (Å²) in [5.41, 5.74) is 0. The maximum absolute atomic E-state index is 11.6. The number of hydrogen-bond donors (Lipinski definition) is 2. The first kappa shape index (κ1) is 19.8. The number of carbonyl (C=O) groups is 1. The topological polar surface area (TPSA) is 92.4 Å². The average molecular weight is 353 g/mol. The van der Waals surface area contributed by atoms with Gasteiger partial charge in [0.15, 0.2) is 0 Å². The molecule has 2 aliphatic heterocycles. The lowest BCUT2D eigenvalue weighted by Gasteiger charge is -2.39. The molecule has 2 aliphatic rings. The summed E-state index contributed by atoms with van der Waals surface area (Å²) < 4.78 is 9.18. The van der Waals surface area contributed by atoms with E-state index in [2.05, 4.69) is 30.1 Å². The number of methoxy groups -OCH3 is 1. The number of hydrogen-bond acceptors (Lipinski definition) is 7. The van der Waals surface area contributed by atoms with Gasteiger partial charge in [0, 0.05) is 26.2 Å². The highest BCUT2D eigenvalue weighted by molar-refractivity contribution is 5.84. The molecule has 0 aliphatic carbocycles. The van der Waals surface area contributed by atoms with Gasteiger partial charge < -0.3 is 19.7 Å². The zero-order valence-electron chi connectivity index (χ0n) is 15.6. The molecule has 1 aromatic heterocycles. The molecule has 142 valence electrons. The molecule has 8 heteroatoms. The van der Waals surface area contributed by atoms with Gasteiger partial charge in [-0.25, -0.2) is 9.78 Å². The van der Waals surface area contributed by atoms with Crippen molar-refractivity contribution in [2.75, 3.05) is 47.0 Å². The average Bonchev–Trinajstić information content (AvgIpc) is 3.14. The Hall–Kier alpha value is -1.51. The molecule has 3 heterocycles. The summed E-state index contributed by atoms with van der Waals surface area (Å²) in [5.74, 6) is 0.899. The van der Waals surface area contributed by atoms with Gasteiger partial charge in [0.1, 0.15) is 5.82 Å². The van der Waals surface area contributed by atoms with E-state index in [1.807, 2.05) is 0 Å². The van der Waals surface area contributed by atoms with Gasteiger partial charge in [-0.05, 0) is 58.8 Å². The normalized spacial score (nSPS) is 20.0. The Balaban J connectivity index is 0.000000701. The molecule has 0 radical (unpaired) electrons. The van der Waals surface area contributed by atoms with Crippen molar-refractivity contribution in [3.8, 4) is 0 Å². The van der Waals surface area contributed by atoms with Crippen molar-refractivity contribution in [2.45, 2.75) is 44.6 Å². The van der Waals surface area contributed by atoms with Crippen molar-refractivity contribution in [1.82, 2.24) is 25.4 Å². The number of piperidine rings is 2. The van der Waals surface area contributed by atoms with Gasteiger partial charge in [-0.3, -0.25) is 5.10 Å². The number of H-pyrrole nitrogens is 1. The van der Waals surface area contributed by atoms with Gasteiger partial charge >= 0.3 is 5.97 Å². The molecule has 2 fully saturated rings. The second-order valence-electron chi connectivity index (χ2n) is 6.46. The fraction of sp³-hybridized carbons (Fsp3) is 0.824. The van der Waals surface area contributed by atoms with Gasteiger partial charge in [-0.1, -0.05) is 0 Å². The van der Waals surface area contributed by atoms with Crippen LogP contribution in [0.3, 0.4) is 0 Å². The number of rotatable bonds is 4. The third-order valence-electron chi connectivity index (χ3n) is 4.70. The van der Waals surface area contributed by atoms with Crippen LogP contribution in [-0.4, -0.2) is 79.1 Å². The van der Waals surface area contributed by atoms with Crippen molar-refractivity contribution in [3.63, 3.8) is 0 Å². The largest absolute Gasteiger partial charge is 0.460 e. The van der Waals surface area contributed by atoms with E-state index >= 15 is 0 Å². The summed E-state index contributed by atoms with van der Waals surface area (Å²) in [5, 5.41) is 10.3. The van der Waals surface area contributed by atoms with E-state index in [1.165, 1.54) is 12.8 Å². The van der Waals surface area contributed by atoms with Crippen LogP contribution in [0.5, 0.6) is 0 Å². The smallest absolute Gasteiger partial charge is 0.378 e. The van der Waals surface area contributed by atoms with Crippen LogP contribution in [-0.2, 0) is 9.47 Å². The molecule has 0 unspecified atom stereocenters. The molecule has 2 saturated heterocycles. The minimum absolute atomic E-state index is 0.151. The van der Waals surface area contributed by atoms with Crippen molar-refractivity contribution >= 4 is 5.97 Å². The molecule has 2 N–H and O–H groups in total. The maximum Gasteiger partial charge on any atom is 0.378 e. The molecular formula is C17H31N5O3. The van der Waals surface area contributed by atoms with Crippen LogP contribution in [0, 0.1) is 0 Å². The van der Waals surface area contributed by atoms with Crippen LogP contribution < -0.4 is 5.32 Å². The van der Waals surface area contributed by atoms with E-state index in [0.717, 1.165) is 50.9 Å². The molecule has 0 bridgehead atoms. The highest BCUT2D eigenvalue weighted by Gasteiger charge is 2.28. The predicted molar refractivity (Wildman–Crippen MR) is 94.7 cm³/mol. The van der Waals surface area contributed by atoms with Crippen molar-refractivity contribution in [3.05, 3.63) is 11.6 Å². The SMILES string of the molecule is CCOC(=O)c1n[nH]c(C2CCN(C3CCNCC3)CC2)n1.COC. The minimum atomic E-state index is -0.447. The van der Waals surface area contributed by atoms with Crippen molar-refractivity contribution < 1.29 is 14.3 Å². The van der Waals surface area contributed by atoms with Gasteiger partial charge in [-0.15, -0.1) is 5.10 Å². The van der Waals surface area contributed by atoms with Gasteiger partial charge in [0.2, 0.25) is 0 Å². The third kappa shape index (κ3) is 5.76. The second kappa shape index (κ2) is 10.5. The van der Waals surface area contributed by atoms with Crippen LogP contribution >= 0.6 is 0 Å². The number of nitrogens with one attached hydrogen (secondary N) is 2. The van der Waals surface area contributed by atoms with E-state index < -0.39 is 5.97 Å². The molecule has 3 rings (SSSR count). The first-order chi connectivity index (χ1) is 12.2. The molecule has 8 nitrogen and oxygen atoms in total. The third-order valence-corrected chi connectivity index (χ3v) is 4.70. The number of aromatic nitrogens is 3. The molecule has 0 aromatic carbocycles. The van der Waals surface area contributed by atoms with E-state index in [-0.39, 0.29) is 5.82 Å². The van der Waals surface area contributed by atoms with Crippen molar-refractivity contribution in [1.29, 1.82) is 0 Å². The maximum atomic E-state index is 11.6. The minimum Gasteiger partial charge on any atom is -0.460 e. The van der Waals surface area contributed by atoms with E-state index in [4.69, 9.17) is 4.74 Å². The number of likely N-dealkylation sites (tertiary alicyclic amines) is 1. The van der Waals surface area contributed by atoms with E-state index in [0.29, 0.717) is 12.5 Å². The summed E-state index contributed by atoms with van der Waals surface area (Å²) in [4.78, 5) is 18.5. The number of esters is 1. The number of aromatic amines is 1. The van der Waals surface area contributed by atoms with Gasteiger partial charge in [-0.2, -0.15) is 0 Å². The molecule has 0 amide bonds. The summed E-state index contributed by atoms with van der Waals surface area (Å²) in [6, 6.07) is 0.729. The lowest BCUT2D eigenvalue weighted by molar-refractivity contribution is 0.0512. The second-order valence-corrected chi connectivity index (χ2v) is 6.46. The fourth-order valence-electron chi connectivity index (χ4n) is 3.45. The summed E-state index contributed by atoms with van der Waals surface area (Å²) in [6.45, 7) is 6.60. The van der Waals surface area contributed by atoms with Crippen molar-refractivity contribution in [2.24, 2.45) is 0 Å². The first-order valence-electron chi connectivity index (χ1n) is 9.13. The Labute approximate surface area is 149 Å². The quantitative estimate of drug-likeness (QED) is 0.785. The lowest BCUT2D eigenvalue weighted by atomic mass is 9.93. The van der Waals surface area contributed by atoms with E-state index in [9.17, 15) is 4.79 Å². The molecule has 0 atom stereocenters. The Kier molecular flexibility index (Phi) is 8.30. The molecule has 0 spiro atoms. The van der Waals surface area contributed by atoms with Gasteiger partial charge in [0.25, 0.3) is 5.82 Å². The Morgan fingerprint density at radius 2 is 1.84 bits per heavy atom. The van der Waals surface area contributed by atoms with Crippen LogP contribution in [0.25, 0.3) is 0 Å². The number of carbonyl (C=O) groups excluding carboxylic acids is 1. The Morgan fingerprint density at radius 1 is 1.20 bits per heavy atom. The first-order valence-corrected chi connectivity index (χ1v) is 9.13. The monoisotopic (exact) mass is 353 g/mol. The molecule has 0 saturated carbocycles. The standard InChI is InChI=1S/C15H25N5O2.C2H6O/c1-2-22-15(21)14-17-13(18-19-14)11-5-9-20(10-6-11)12-3-7-16-8-4-12;1-3-2/h11-12,16H,2-10H2,1H3,(H,17,18,19);1-2H3. The van der Waals surface area contributed by atoms with Crippen LogP contribution in [0.2, 0.25) is 0 Å². The zero-order chi connectivity index (χ0) is 18.1. The van der Waals surface area contributed by atoms with Crippen LogP contribution in [0.1, 0.15) is 55.0 Å².